The number of rotatable bonds is 4. The van der Waals surface area contributed by atoms with Crippen molar-refractivity contribution >= 4 is 17.4 Å². The number of carbonyl (C=O) groups is 1. The standard InChI is InChI=1S/C15H15N5O/c1-16-15(21)12-5-4-6-13(19-12)17-9-11-10-18-14-7-2-3-8-20(11)14/h2-8,10H,9H2,1H3,(H,16,21)(H,17,19). The van der Waals surface area contributed by atoms with Gasteiger partial charge in [0, 0.05) is 13.2 Å². The van der Waals surface area contributed by atoms with Crippen molar-refractivity contribution in [3.05, 3.63) is 60.2 Å². The Morgan fingerprint density at radius 3 is 3.00 bits per heavy atom. The van der Waals surface area contributed by atoms with E-state index >= 15 is 0 Å². The molecule has 0 bridgehead atoms. The number of hydrogen-bond donors (Lipinski definition) is 2. The number of anilines is 1. The molecule has 0 fully saturated rings. The number of nitrogens with one attached hydrogen (secondary N) is 2. The zero-order chi connectivity index (χ0) is 14.7. The number of imidazole rings is 1. The first-order valence-electron chi connectivity index (χ1n) is 6.62. The van der Waals surface area contributed by atoms with E-state index in [1.807, 2.05) is 41.1 Å². The lowest BCUT2D eigenvalue weighted by atomic mass is 10.3. The number of nitrogens with zero attached hydrogens (tertiary/aromatic N) is 3. The third kappa shape index (κ3) is 2.69. The maximum atomic E-state index is 11.6. The summed E-state index contributed by atoms with van der Waals surface area (Å²) in [6.07, 6.45) is 3.79. The lowest BCUT2D eigenvalue weighted by molar-refractivity contribution is 0.0958. The second kappa shape index (κ2) is 5.62. The van der Waals surface area contributed by atoms with Crippen molar-refractivity contribution in [3.63, 3.8) is 0 Å². The van der Waals surface area contributed by atoms with E-state index in [0.29, 0.717) is 18.1 Å². The third-order valence-corrected chi connectivity index (χ3v) is 3.15. The Morgan fingerprint density at radius 1 is 1.24 bits per heavy atom. The summed E-state index contributed by atoms with van der Waals surface area (Å²) in [4.78, 5) is 20.2. The highest BCUT2D eigenvalue weighted by molar-refractivity contribution is 5.92. The fourth-order valence-corrected chi connectivity index (χ4v) is 2.08. The molecule has 0 saturated carbocycles. The molecule has 0 atom stereocenters. The summed E-state index contributed by atoms with van der Waals surface area (Å²) >= 11 is 0. The molecule has 3 rings (SSSR count). The molecule has 1 amide bonds. The van der Waals surface area contributed by atoms with Crippen molar-refractivity contribution < 1.29 is 4.79 Å². The van der Waals surface area contributed by atoms with Crippen molar-refractivity contribution in [2.24, 2.45) is 0 Å². The molecule has 6 heteroatoms. The molecule has 6 nitrogen and oxygen atoms in total. The van der Waals surface area contributed by atoms with Crippen LogP contribution in [0.5, 0.6) is 0 Å². The Balaban J connectivity index is 1.77. The monoisotopic (exact) mass is 281 g/mol. The second-order valence-corrected chi connectivity index (χ2v) is 4.52. The average Bonchev–Trinajstić information content (AvgIpc) is 2.95. The molecule has 2 N–H and O–H groups in total. The van der Waals surface area contributed by atoms with Crippen LogP contribution in [0.1, 0.15) is 16.2 Å². The predicted octanol–water partition coefficient (Wildman–Crippen LogP) is 1.70. The van der Waals surface area contributed by atoms with E-state index in [4.69, 9.17) is 0 Å². The predicted molar refractivity (Wildman–Crippen MR) is 80.1 cm³/mol. The van der Waals surface area contributed by atoms with Crippen LogP contribution in [0.2, 0.25) is 0 Å². The van der Waals surface area contributed by atoms with E-state index in [2.05, 4.69) is 20.6 Å². The first-order valence-corrected chi connectivity index (χ1v) is 6.62. The molecule has 0 radical (unpaired) electrons. The van der Waals surface area contributed by atoms with Crippen molar-refractivity contribution in [2.45, 2.75) is 6.54 Å². The van der Waals surface area contributed by atoms with Gasteiger partial charge in [0.25, 0.3) is 5.91 Å². The summed E-state index contributed by atoms with van der Waals surface area (Å²) in [5.41, 5.74) is 2.32. The third-order valence-electron chi connectivity index (χ3n) is 3.15. The fraction of sp³-hybridized carbons (Fsp3) is 0.133. The number of aromatic nitrogens is 3. The molecule has 3 aromatic heterocycles. The van der Waals surface area contributed by atoms with Crippen LogP contribution >= 0.6 is 0 Å². The lowest BCUT2D eigenvalue weighted by Crippen LogP contribution is -2.19. The van der Waals surface area contributed by atoms with E-state index in [1.165, 1.54) is 0 Å². The van der Waals surface area contributed by atoms with Gasteiger partial charge >= 0.3 is 0 Å². The highest BCUT2D eigenvalue weighted by atomic mass is 16.1. The van der Waals surface area contributed by atoms with Crippen LogP contribution in [0.25, 0.3) is 5.65 Å². The Labute approximate surface area is 121 Å². The van der Waals surface area contributed by atoms with Crippen LogP contribution in [-0.2, 0) is 6.54 Å². The van der Waals surface area contributed by atoms with Crippen LogP contribution < -0.4 is 10.6 Å². The Bertz CT molecular complexity index is 780. The van der Waals surface area contributed by atoms with Gasteiger partial charge in [0.1, 0.15) is 17.2 Å². The maximum absolute atomic E-state index is 11.6. The Hall–Kier alpha value is -2.89. The van der Waals surface area contributed by atoms with Crippen molar-refractivity contribution in [2.75, 3.05) is 12.4 Å². The SMILES string of the molecule is CNC(=O)c1cccc(NCc2cnc3ccccn23)n1. The first-order chi connectivity index (χ1) is 10.3. The summed E-state index contributed by atoms with van der Waals surface area (Å²) in [7, 11) is 1.59. The largest absolute Gasteiger partial charge is 0.364 e. The second-order valence-electron chi connectivity index (χ2n) is 4.52. The summed E-state index contributed by atoms with van der Waals surface area (Å²) < 4.78 is 2.01. The molecule has 0 unspecified atom stereocenters. The van der Waals surface area contributed by atoms with Crippen molar-refractivity contribution in [1.82, 2.24) is 19.7 Å². The van der Waals surface area contributed by atoms with Gasteiger partial charge in [0.15, 0.2) is 0 Å². The minimum absolute atomic E-state index is 0.201. The quantitative estimate of drug-likeness (QED) is 0.763. The molecule has 3 heterocycles. The van der Waals surface area contributed by atoms with Gasteiger partial charge < -0.3 is 15.0 Å². The van der Waals surface area contributed by atoms with E-state index < -0.39 is 0 Å². The van der Waals surface area contributed by atoms with Crippen molar-refractivity contribution in [3.8, 4) is 0 Å². The highest BCUT2D eigenvalue weighted by Gasteiger charge is 2.06. The number of fused-ring (bicyclic) bond motifs is 1. The van der Waals surface area contributed by atoms with Crippen LogP contribution in [0.4, 0.5) is 5.82 Å². The van der Waals surface area contributed by atoms with Gasteiger partial charge in [-0.2, -0.15) is 0 Å². The zero-order valence-electron chi connectivity index (χ0n) is 11.6. The van der Waals surface area contributed by atoms with Gasteiger partial charge in [0.2, 0.25) is 0 Å². The van der Waals surface area contributed by atoms with Gasteiger partial charge in [-0.3, -0.25) is 4.79 Å². The number of hydrogen-bond acceptors (Lipinski definition) is 4. The first kappa shape index (κ1) is 13.1. The minimum atomic E-state index is -0.201. The van der Waals surface area contributed by atoms with Gasteiger partial charge in [0.05, 0.1) is 18.4 Å². The fourth-order valence-electron chi connectivity index (χ4n) is 2.08. The summed E-state index contributed by atoms with van der Waals surface area (Å²) in [6, 6.07) is 11.2. The molecule has 0 aliphatic carbocycles. The lowest BCUT2D eigenvalue weighted by Gasteiger charge is -2.07. The van der Waals surface area contributed by atoms with Crippen LogP contribution in [-0.4, -0.2) is 27.3 Å². The molecular formula is C15H15N5O. The zero-order valence-corrected chi connectivity index (χ0v) is 11.6. The van der Waals surface area contributed by atoms with Crippen LogP contribution in [0, 0.1) is 0 Å². The van der Waals surface area contributed by atoms with E-state index in [1.54, 1.807) is 19.2 Å². The van der Waals surface area contributed by atoms with Crippen LogP contribution in [0.15, 0.2) is 48.8 Å². The van der Waals surface area contributed by atoms with E-state index in [9.17, 15) is 4.79 Å². The molecule has 0 spiro atoms. The molecule has 0 saturated heterocycles. The number of carbonyl (C=O) groups excluding carboxylic acids is 1. The van der Waals surface area contributed by atoms with Crippen LogP contribution in [0.3, 0.4) is 0 Å². The smallest absolute Gasteiger partial charge is 0.269 e. The Morgan fingerprint density at radius 2 is 2.14 bits per heavy atom. The van der Waals surface area contributed by atoms with Crippen molar-refractivity contribution in [1.29, 1.82) is 0 Å². The van der Waals surface area contributed by atoms with Gasteiger partial charge in [-0.05, 0) is 24.3 Å². The molecule has 106 valence electrons. The summed E-state index contributed by atoms with van der Waals surface area (Å²) in [5, 5.41) is 5.77. The highest BCUT2D eigenvalue weighted by Crippen LogP contribution is 2.10. The van der Waals surface area contributed by atoms with E-state index in [0.717, 1.165) is 11.3 Å². The van der Waals surface area contributed by atoms with Gasteiger partial charge in [-0.1, -0.05) is 12.1 Å². The molecule has 0 aliphatic rings. The minimum Gasteiger partial charge on any atom is -0.364 e. The topological polar surface area (TPSA) is 71.3 Å². The molecular weight excluding hydrogens is 266 g/mol. The van der Waals surface area contributed by atoms with E-state index in [-0.39, 0.29) is 5.91 Å². The summed E-state index contributed by atoms with van der Waals surface area (Å²) in [6.45, 7) is 0.579. The normalized spacial score (nSPS) is 10.5. The molecule has 21 heavy (non-hydrogen) atoms. The molecule has 3 aromatic rings. The van der Waals surface area contributed by atoms with Gasteiger partial charge in [-0.25, -0.2) is 9.97 Å². The Kier molecular flexibility index (Phi) is 3.51. The van der Waals surface area contributed by atoms with Gasteiger partial charge in [-0.15, -0.1) is 0 Å². The average molecular weight is 281 g/mol. The maximum Gasteiger partial charge on any atom is 0.269 e. The molecule has 0 aliphatic heterocycles. The molecule has 0 aromatic carbocycles. The number of pyridine rings is 2. The summed E-state index contributed by atoms with van der Waals surface area (Å²) in [5.74, 6) is 0.454. The number of amides is 1.